The first-order valence-corrected chi connectivity index (χ1v) is 9.66. The van der Waals surface area contributed by atoms with Gasteiger partial charge >= 0.3 is 0 Å². The number of fused-ring (bicyclic) bond motifs is 1. The van der Waals surface area contributed by atoms with Crippen LogP contribution in [0, 0.1) is 11.3 Å². The molecule has 0 N–H and O–H groups in total. The third kappa shape index (κ3) is 4.04. The van der Waals surface area contributed by atoms with E-state index in [0.717, 1.165) is 55.4 Å². The molecule has 0 spiro atoms. The van der Waals surface area contributed by atoms with Crippen molar-refractivity contribution in [3.63, 3.8) is 0 Å². The highest BCUT2D eigenvalue weighted by Gasteiger charge is 2.30. The highest BCUT2D eigenvalue weighted by atomic mass is 16.5. The van der Waals surface area contributed by atoms with Crippen molar-refractivity contribution in [2.24, 2.45) is 0 Å². The first kappa shape index (κ1) is 17.7. The molecule has 2 aromatic rings. The largest absolute Gasteiger partial charge is 0.490 e. The number of aromatic nitrogens is 1. The molecule has 1 amide bonds. The van der Waals surface area contributed by atoms with Gasteiger partial charge in [0.2, 0.25) is 5.91 Å². The Balaban J connectivity index is 1.28. The molecule has 27 heavy (non-hydrogen) atoms. The van der Waals surface area contributed by atoms with Crippen molar-refractivity contribution < 1.29 is 9.53 Å². The molecule has 0 bridgehead atoms. The van der Waals surface area contributed by atoms with Crippen LogP contribution in [-0.2, 0) is 4.79 Å². The summed E-state index contributed by atoms with van der Waals surface area (Å²) in [6, 6.07) is 12.0. The Kier molecular flexibility index (Phi) is 5.21. The van der Waals surface area contributed by atoms with Crippen molar-refractivity contribution in [2.75, 3.05) is 26.2 Å². The first-order chi connectivity index (χ1) is 13.2. The molecule has 0 aliphatic carbocycles. The minimum absolute atomic E-state index is 0.0837. The van der Waals surface area contributed by atoms with Crippen LogP contribution in [0.1, 0.15) is 25.7 Å². The van der Waals surface area contributed by atoms with E-state index < -0.39 is 0 Å². The van der Waals surface area contributed by atoms with Gasteiger partial charge in [-0.2, -0.15) is 5.26 Å². The zero-order chi connectivity index (χ0) is 18.6. The van der Waals surface area contributed by atoms with Crippen molar-refractivity contribution in [3.05, 3.63) is 36.5 Å². The van der Waals surface area contributed by atoms with E-state index in [1.54, 1.807) is 11.1 Å². The summed E-state index contributed by atoms with van der Waals surface area (Å²) in [4.78, 5) is 20.7. The lowest BCUT2D eigenvalue weighted by molar-refractivity contribution is -0.132. The van der Waals surface area contributed by atoms with E-state index in [-0.39, 0.29) is 18.1 Å². The van der Waals surface area contributed by atoms with E-state index >= 15 is 0 Å². The molecule has 2 aliphatic rings. The fraction of sp³-hybridized carbons (Fsp3) is 0.476. The summed E-state index contributed by atoms with van der Waals surface area (Å²) in [5.41, 5.74) is 0.968. The minimum Gasteiger partial charge on any atom is -0.490 e. The van der Waals surface area contributed by atoms with Crippen molar-refractivity contribution in [1.82, 2.24) is 14.8 Å². The van der Waals surface area contributed by atoms with Crippen LogP contribution in [0.25, 0.3) is 10.9 Å². The first-order valence-electron chi connectivity index (χ1n) is 9.66. The highest BCUT2D eigenvalue weighted by Crippen LogP contribution is 2.23. The number of carbonyl (C=O) groups excluding carboxylic acids is 1. The van der Waals surface area contributed by atoms with Crippen molar-refractivity contribution >= 4 is 16.8 Å². The smallest absolute Gasteiger partial charge is 0.237 e. The van der Waals surface area contributed by atoms with Gasteiger partial charge in [0.1, 0.15) is 17.9 Å². The molecule has 2 aliphatic heterocycles. The third-order valence-electron chi connectivity index (χ3n) is 5.49. The maximum atomic E-state index is 12.5. The quantitative estimate of drug-likeness (QED) is 0.834. The third-order valence-corrected chi connectivity index (χ3v) is 5.49. The van der Waals surface area contributed by atoms with Gasteiger partial charge in [0.25, 0.3) is 0 Å². The normalized spacial score (nSPS) is 21.3. The van der Waals surface area contributed by atoms with Crippen LogP contribution in [0.4, 0.5) is 0 Å². The average Bonchev–Trinajstić information content (AvgIpc) is 3.18. The van der Waals surface area contributed by atoms with E-state index in [4.69, 9.17) is 10.00 Å². The second kappa shape index (κ2) is 7.93. The number of pyridine rings is 1. The Morgan fingerprint density at radius 2 is 2.07 bits per heavy atom. The summed E-state index contributed by atoms with van der Waals surface area (Å²) >= 11 is 0. The van der Waals surface area contributed by atoms with Gasteiger partial charge in [-0.15, -0.1) is 0 Å². The summed E-state index contributed by atoms with van der Waals surface area (Å²) < 4.78 is 6.16. The van der Waals surface area contributed by atoms with Gasteiger partial charge < -0.3 is 9.64 Å². The molecule has 1 atom stereocenters. The Labute approximate surface area is 159 Å². The van der Waals surface area contributed by atoms with E-state index in [1.165, 1.54) is 0 Å². The number of ether oxygens (including phenoxy) is 1. The van der Waals surface area contributed by atoms with E-state index in [2.05, 4.69) is 16.0 Å². The number of hydrogen-bond acceptors (Lipinski definition) is 5. The fourth-order valence-corrected chi connectivity index (χ4v) is 3.99. The number of piperidine rings is 1. The second-order valence-electron chi connectivity index (χ2n) is 7.33. The molecule has 3 heterocycles. The average molecular weight is 364 g/mol. The number of nitrogens with zero attached hydrogens (tertiary/aromatic N) is 4. The maximum Gasteiger partial charge on any atom is 0.237 e. The number of rotatable bonds is 4. The van der Waals surface area contributed by atoms with Crippen LogP contribution in [0.15, 0.2) is 36.5 Å². The van der Waals surface area contributed by atoms with Crippen LogP contribution in [0.2, 0.25) is 0 Å². The van der Waals surface area contributed by atoms with Crippen LogP contribution in [-0.4, -0.2) is 59.0 Å². The Hall–Kier alpha value is -2.65. The minimum atomic E-state index is -0.235. The number of carbonyl (C=O) groups is 1. The molecule has 4 rings (SSSR count). The predicted octanol–water partition coefficient (Wildman–Crippen LogP) is 2.59. The monoisotopic (exact) mass is 364 g/mol. The number of hydrogen-bond donors (Lipinski definition) is 0. The SMILES string of the molecule is N#CC1CCCN1C(=O)CN1CCC(Oc2ccc3ncccc3c2)CC1. The summed E-state index contributed by atoms with van der Waals surface area (Å²) in [5, 5.41) is 10.2. The van der Waals surface area contributed by atoms with Gasteiger partial charge in [-0.05, 0) is 49.9 Å². The van der Waals surface area contributed by atoms with Crippen molar-refractivity contribution in [3.8, 4) is 11.8 Å². The predicted molar refractivity (Wildman–Crippen MR) is 102 cm³/mol. The Bertz CT molecular complexity index is 855. The standard InChI is InChI=1S/C21H24N4O2/c22-14-17-4-2-10-25(17)21(26)15-24-11-7-18(8-12-24)27-19-5-6-20-16(13-19)3-1-9-23-20/h1,3,5-6,9,13,17-18H,2,4,7-8,10-12,15H2. The summed E-state index contributed by atoms with van der Waals surface area (Å²) in [5.74, 6) is 0.958. The molecule has 0 radical (unpaired) electrons. The van der Waals surface area contributed by atoms with E-state index in [0.29, 0.717) is 13.1 Å². The van der Waals surface area contributed by atoms with Crippen molar-refractivity contribution in [2.45, 2.75) is 37.8 Å². The summed E-state index contributed by atoms with van der Waals surface area (Å²) in [6.45, 7) is 2.81. The maximum absolute atomic E-state index is 12.5. The molecular formula is C21H24N4O2. The van der Waals surface area contributed by atoms with Gasteiger partial charge in [-0.3, -0.25) is 14.7 Å². The van der Waals surface area contributed by atoms with Crippen LogP contribution >= 0.6 is 0 Å². The molecule has 6 heteroatoms. The molecule has 0 saturated carbocycles. The van der Waals surface area contributed by atoms with Gasteiger partial charge in [0.15, 0.2) is 0 Å². The molecule has 2 fully saturated rings. The van der Waals surface area contributed by atoms with Crippen molar-refractivity contribution in [1.29, 1.82) is 5.26 Å². The lowest BCUT2D eigenvalue weighted by Crippen LogP contribution is -2.46. The lowest BCUT2D eigenvalue weighted by atomic mass is 10.1. The molecule has 2 saturated heterocycles. The van der Waals surface area contributed by atoms with Gasteiger partial charge in [-0.1, -0.05) is 6.07 Å². The molecule has 1 aromatic carbocycles. The Morgan fingerprint density at radius 3 is 2.89 bits per heavy atom. The Morgan fingerprint density at radius 1 is 1.22 bits per heavy atom. The number of likely N-dealkylation sites (tertiary alicyclic amines) is 2. The fourth-order valence-electron chi connectivity index (χ4n) is 3.99. The zero-order valence-corrected chi connectivity index (χ0v) is 15.4. The van der Waals surface area contributed by atoms with Gasteiger partial charge in [0.05, 0.1) is 18.1 Å². The number of amides is 1. The topological polar surface area (TPSA) is 69.5 Å². The number of benzene rings is 1. The molecular weight excluding hydrogens is 340 g/mol. The van der Waals surface area contributed by atoms with Crippen LogP contribution < -0.4 is 4.74 Å². The van der Waals surface area contributed by atoms with Gasteiger partial charge in [0, 0.05) is 31.2 Å². The summed E-state index contributed by atoms with van der Waals surface area (Å²) in [7, 11) is 0. The van der Waals surface area contributed by atoms with Gasteiger partial charge in [-0.25, -0.2) is 0 Å². The van der Waals surface area contributed by atoms with E-state index in [9.17, 15) is 4.79 Å². The molecule has 140 valence electrons. The van der Waals surface area contributed by atoms with E-state index in [1.807, 2.05) is 30.3 Å². The highest BCUT2D eigenvalue weighted by molar-refractivity contribution is 5.80. The summed E-state index contributed by atoms with van der Waals surface area (Å²) in [6.07, 6.45) is 5.51. The van der Waals surface area contributed by atoms with Crippen LogP contribution in [0.5, 0.6) is 5.75 Å². The lowest BCUT2D eigenvalue weighted by Gasteiger charge is -2.33. The number of nitriles is 1. The zero-order valence-electron chi connectivity index (χ0n) is 15.4. The second-order valence-corrected chi connectivity index (χ2v) is 7.33. The van der Waals surface area contributed by atoms with Crippen LogP contribution in [0.3, 0.4) is 0 Å². The molecule has 6 nitrogen and oxygen atoms in total. The molecule has 1 unspecified atom stereocenters. The molecule has 1 aromatic heterocycles.